The first-order valence-electron chi connectivity index (χ1n) is 13.7. The number of amides is 3. The number of hydrogen-bond donors (Lipinski definition) is 4. The van der Waals surface area contributed by atoms with Gasteiger partial charge < -0.3 is 45.8 Å². The molecule has 2 aromatic carbocycles. The number of fused-ring (bicyclic) bond motifs is 2. The molecule has 3 rings (SSSR count). The summed E-state index contributed by atoms with van der Waals surface area (Å²) in [6.07, 6.45) is 1.85. The Labute approximate surface area is 240 Å². The average molecular weight is 573 g/mol. The van der Waals surface area contributed by atoms with E-state index in [1.807, 2.05) is 30.3 Å². The molecule has 0 spiro atoms. The Balaban J connectivity index is 1.18. The van der Waals surface area contributed by atoms with Crippen LogP contribution in [-0.4, -0.2) is 90.3 Å². The fourth-order valence-corrected chi connectivity index (χ4v) is 4.24. The van der Waals surface area contributed by atoms with Crippen molar-refractivity contribution in [1.82, 2.24) is 10.6 Å². The molecule has 41 heavy (non-hydrogen) atoms. The Morgan fingerprint density at radius 1 is 0.707 bits per heavy atom. The van der Waals surface area contributed by atoms with Gasteiger partial charge in [0.05, 0.1) is 45.7 Å². The van der Waals surface area contributed by atoms with Crippen LogP contribution in [0.3, 0.4) is 0 Å². The van der Waals surface area contributed by atoms with Crippen LogP contribution >= 0.6 is 0 Å². The third-order valence-electron chi connectivity index (χ3n) is 6.23. The number of carbonyl (C=O) groups is 3. The number of benzene rings is 2. The van der Waals surface area contributed by atoms with Gasteiger partial charge in [-0.25, -0.2) is 0 Å². The minimum absolute atomic E-state index is 0.0980. The van der Waals surface area contributed by atoms with E-state index in [1.165, 1.54) is 11.1 Å². The number of nitrogens with one attached hydrogen (secondary N) is 2. The topological polar surface area (TPSA) is 173 Å². The maximum absolute atomic E-state index is 12.2. The molecule has 12 nitrogen and oxygen atoms in total. The van der Waals surface area contributed by atoms with Crippen molar-refractivity contribution in [3.05, 3.63) is 64.7 Å². The van der Waals surface area contributed by atoms with Crippen molar-refractivity contribution in [3.63, 3.8) is 0 Å². The van der Waals surface area contributed by atoms with Crippen molar-refractivity contribution in [2.24, 2.45) is 11.5 Å². The van der Waals surface area contributed by atoms with E-state index in [-0.39, 0.29) is 57.5 Å². The van der Waals surface area contributed by atoms with Crippen molar-refractivity contribution in [2.75, 3.05) is 72.6 Å². The van der Waals surface area contributed by atoms with Gasteiger partial charge in [-0.05, 0) is 47.2 Å². The van der Waals surface area contributed by atoms with Crippen molar-refractivity contribution in [3.8, 4) is 5.75 Å². The third kappa shape index (κ3) is 11.8. The molecule has 0 bridgehead atoms. The highest BCUT2D eigenvalue weighted by Crippen LogP contribution is 2.33. The molecule has 1 aliphatic carbocycles. The first kappa shape index (κ1) is 32.0. The van der Waals surface area contributed by atoms with Crippen LogP contribution in [-0.2, 0) is 46.2 Å². The lowest BCUT2D eigenvalue weighted by atomic mass is 9.95. The molecule has 12 heteroatoms. The molecular weight excluding hydrogens is 532 g/mol. The van der Waals surface area contributed by atoms with Gasteiger partial charge in [0.15, 0.2) is 6.61 Å². The minimum atomic E-state index is -0.536. The zero-order valence-electron chi connectivity index (χ0n) is 23.2. The fraction of sp³-hybridized carbons (Fsp3) is 0.483. The Hall–Kier alpha value is -3.55. The van der Waals surface area contributed by atoms with E-state index in [4.69, 9.17) is 35.2 Å². The second-order valence-electron chi connectivity index (χ2n) is 9.32. The highest BCUT2D eigenvalue weighted by atomic mass is 16.5. The summed E-state index contributed by atoms with van der Waals surface area (Å²) in [6, 6.07) is 13.8. The number of primary amides is 1. The molecule has 0 radical (unpaired) electrons. The van der Waals surface area contributed by atoms with E-state index in [1.54, 1.807) is 0 Å². The van der Waals surface area contributed by atoms with Gasteiger partial charge >= 0.3 is 0 Å². The van der Waals surface area contributed by atoms with E-state index in [0.29, 0.717) is 38.7 Å². The van der Waals surface area contributed by atoms with Crippen LogP contribution in [0.5, 0.6) is 5.75 Å². The van der Waals surface area contributed by atoms with Crippen molar-refractivity contribution in [2.45, 2.75) is 18.9 Å². The van der Waals surface area contributed by atoms with Crippen molar-refractivity contribution in [1.29, 1.82) is 0 Å². The second-order valence-corrected chi connectivity index (χ2v) is 9.32. The van der Waals surface area contributed by atoms with Gasteiger partial charge in [-0.2, -0.15) is 0 Å². The molecule has 1 unspecified atom stereocenters. The van der Waals surface area contributed by atoms with Gasteiger partial charge in [-0.15, -0.1) is 0 Å². The summed E-state index contributed by atoms with van der Waals surface area (Å²) < 4.78 is 26.6. The van der Waals surface area contributed by atoms with Gasteiger partial charge in [0, 0.05) is 13.1 Å². The summed E-state index contributed by atoms with van der Waals surface area (Å²) in [7, 11) is 0. The molecule has 224 valence electrons. The monoisotopic (exact) mass is 572 g/mol. The van der Waals surface area contributed by atoms with E-state index in [9.17, 15) is 14.4 Å². The van der Waals surface area contributed by atoms with Crippen LogP contribution in [0, 0.1) is 0 Å². The van der Waals surface area contributed by atoms with Crippen LogP contribution < -0.4 is 26.8 Å². The predicted molar refractivity (Wildman–Crippen MR) is 150 cm³/mol. The van der Waals surface area contributed by atoms with Gasteiger partial charge in [0.2, 0.25) is 11.8 Å². The molecule has 3 amide bonds. The normalized spacial score (nSPS) is 13.9. The molecule has 1 aliphatic rings. The standard InChI is InChI=1S/C29H40N4O8/c30-26(34)18-39-15-13-37-11-9-32-27(35)19-40-16-14-38-12-10-33-28(36)20-41-23-8-7-22-6-5-21-3-1-2-4-24(21)29(31)25(22)17-23/h1-4,7-8,17,29H,5-6,9-16,18-20,31H2,(H2,30,34)(H,32,35)(H,33,36). The Bertz CT molecular complexity index is 1130. The predicted octanol–water partition coefficient (Wildman–Crippen LogP) is -0.00380. The molecule has 0 fully saturated rings. The summed E-state index contributed by atoms with van der Waals surface area (Å²) in [6.45, 7) is 1.97. The van der Waals surface area contributed by atoms with Crippen LogP contribution in [0.25, 0.3) is 0 Å². The molecule has 0 aromatic heterocycles. The number of nitrogens with two attached hydrogens (primary N) is 2. The van der Waals surface area contributed by atoms with E-state index in [0.717, 1.165) is 24.0 Å². The van der Waals surface area contributed by atoms with Crippen LogP contribution in [0.2, 0.25) is 0 Å². The molecule has 6 N–H and O–H groups in total. The summed E-state index contributed by atoms with van der Waals surface area (Å²) in [5, 5.41) is 5.40. The zero-order chi connectivity index (χ0) is 29.3. The minimum Gasteiger partial charge on any atom is -0.484 e. The van der Waals surface area contributed by atoms with Crippen LogP contribution in [0.15, 0.2) is 42.5 Å². The van der Waals surface area contributed by atoms with Crippen LogP contribution in [0.1, 0.15) is 28.3 Å². The smallest absolute Gasteiger partial charge is 0.258 e. The lowest BCUT2D eigenvalue weighted by Gasteiger charge is -2.17. The van der Waals surface area contributed by atoms with Gasteiger partial charge in [0.1, 0.15) is 19.0 Å². The van der Waals surface area contributed by atoms with Crippen LogP contribution in [0.4, 0.5) is 0 Å². The molecule has 1 atom stereocenters. The first-order chi connectivity index (χ1) is 19.9. The maximum atomic E-state index is 12.2. The zero-order valence-corrected chi connectivity index (χ0v) is 23.2. The number of carbonyl (C=O) groups excluding carboxylic acids is 3. The quantitative estimate of drug-likeness (QED) is 0.169. The Kier molecular flexibility index (Phi) is 14.0. The summed E-state index contributed by atoms with van der Waals surface area (Å²) in [4.78, 5) is 34.4. The lowest BCUT2D eigenvalue weighted by molar-refractivity contribution is -0.127. The van der Waals surface area contributed by atoms with E-state index >= 15 is 0 Å². The summed E-state index contributed by atoms with van der Waals surface area (Å²) >= 11 is 0. The molecule has 0 saturated carbocycles. The van der Waals surface area contributed by atoms with Crippen molar-refractivity contribution >= 4 is 17.7 Å². The highest BCUT2D eigenvalue weighted by Gasteiger charge is 2.21. The molecule has 0 heterocycles. The fourth-order valence-electron chi connectivity index (χ4n) is 4.24. The number of aryl methyl sites for hydroxylation is 2. The number of rotatable bonds is 19. The van der Waals surface area contributed by atoms with Gasteiger partial charge in [-0.1, -0.05) is 30.3 Å². The Morgan fingerprint density at radius 3 is 1.98 bits per heavy atom. The lowest BCUT2D eigenvalue weighted by Crippen LogP contribution is -2.32. The SMILES string of the molecule is NC(=O)COCCOCCNC(=O)COCCOCCNC(=O)COc1ccc2c(c1)C(N)c1ccccc1CC2. The largest absolute Gasteiger partial charge is 0.484 e. The summed E-state index contributed by atoms with van der Waals surface area (Å²) in [5.41, 5.74) is 16.1. The van der Waals surface area contributed by atoms with Gasteiger partial charge in [-0.3, -0.25) is 14.4 Å². The second kappa shape index (κ2) is 18.0. The van der Waals surface area contributed by atoms with Crippen molar-refractivity contribution < 1.29 is 38.1 Å². The molecule has 0 saturated heterocycles. The van der Waals surface area contributed by atoms with E-state index in [2.05, 4.69) is 22.8 Å². The highest BCUT2D eigenvalue weighted by molar-refractivity contribution is 5.77. The number of hydrogen-bond acceptors (Lipinski definition) is 9. The van der Waals surface area contributed by atoms with E-state index < -0.39 is 5.91 Å². The number of ether oxygens (including phenoxy) is 5. The average Bonchev–Trinajstić information content (AvgIpc) is 3.10. The first-order valence-corrected chi connectivity index (χ1v) is 13.7. The molecular formula is C29H40N4O8. The molecule has 0 aliphatic heterocycles. The third-order valence-corrected chi connectivity index (χ3v) is 6.23. The molecule has 2 aromatic rings. The van der Waals surface area contributed by atoms with Gasteiger partial charge in [0.25, 0.3) is 5.91 Å². The summed E-state index contributed by atoms with van der Waals surface area (Å²) in [5.74, 6) is -0.462. The maximum Gasteiger partial charge on any atom is 0.258 e. The Morgan fingerprint density at radius 2 is 1.29 bits per heavy atom.